The van der Waals surface area contributed by atoms with Crippen LogP contribution >= 0.6 is 0 Å². The molecule has 0 saturated heterocycles. The van der Waals surface area contributed by atoms with Crippen molar-refractivity contribution in [2.24, 2.45) is 0 Å². The molecule has 3 heteroatoms. The highest BCUT2D eigenvalue weighted by atomic mass is 14.9. The largest absolute Gasteiger partial charge is 0.398 e. The van der Waals surface area contributed by atoms with Crippen LogP contribution in [-0.4, -0.2) is 17.6 Å². The number of nitrogens with one attached hydrogen (secondary N) is 1. The summed E-state index contributed by atoms with van der Waals surface area (Å²) >= 11 is 0. The Morgan fingerprint density at radius 2 is 2.09 bits per heavy atom. The molecule has 0 spiro atoms. The van der Waals surface area contributed by atoms with Crippen LogP contribution in [0.1, 0.15) is 36.1 Å². The monoisotopic (exact) mass is 295 g/mol. The van der Waals surface area contributed by atoms with E-state index in [9.17, 15) is 0 Å². The van der Waals surface area contributed by atoms with Crippen molar-refractivity contribution in [2.75, 3.05) is 12.3 Å². The molecule has 0 amide bonds. The average molecular weight is 295 g/mol. The minimum Gasteiger partial charge on any atom is -0.398 e. The predicted octanol–water partition coefficient (Wildman–Crippen LogP) is 3.13. The van der Waals surface area contributed by atoms with Crippen LogP contribution in [0.15, 0.2) is 42.6 Å². The summed E-state index contributed by atoms with van der Waals surface area (Å²) in [4.78, 5) is 4.37. The van der Waals surface area contributed by atoms with Crippen molar-refractivity contribution in [1.82, 2.24) is 10.3 Å². The van der Waals surface area contributed by atoms with Gasteiger partial charge in [-0.3, -0.25) is 4.98 Å². The van der Waals surface area contributed by atoms with Crippen molar-refractivity contribution in [3.8, 4) is 0 Å². The zero-order chi connectivity index (χ0) is 15.2. The van der Waals surface area contributed by atoms with E-state index >= 15 is 0 Å². The number of benzene rings is 1. The highest BCUT2D eigenvalue weighted by Gasteiger charge is 2.19. The summed E-state index contributed by atoms with van der Waals surface area (Å²) in [6.45, 7) is 1.09. The number of nitrogens with zero attached hydrogens (tertiary/aromatic N) is 1. The molecular formula is C19H25N3. The van der Waals surface area contributed by atoms with E-state index < -0.39 is 0 Å². The third kappa shape index (κ3) is 3.86. The van der Waals surface area contributed by atoms with Gasteiger partial charge in [-0.1, -0.05) is 18.2 Å². The second kappa shape index (κ2) is 7.41. The number of anilines is 1. The molecule has 1 atom stereocenters. The Hall–Kier alpha value is -1.87. The molecular weight excluding hydrogens is 270 g/mol. The van der Waals surface area contributed by atoms with Gasteiger partial charge in [-0.05, 0) is 74.4 Å². The third-order valence-electron chi connectivity index (χ3n) is 4.54. The van der Waals surface area contributed by atoms with Crippen LogP contribution in [0, 0.1) is 0 Å². The molecule has 0 radical (unpaired) electrons. The van der Waals surface area contributed by atoms with Gasteiger partial charge in [0.05, 0.1) is 0 Å². The number of rotatable bonds is 6. The molecule has 0 aliphatic heterocycles. The Kier molecular flexibility index (Phi) is 5.07. The molecule has 1 aromatic heterocycles. The molecule has 3 nitrogen and oxygen atoms in total. The predicted molar refractivity (Wildman–Crippen MR) is 91.8 cm³/mol. The fourth-order valence-electron chi connectivity index (χ4n) is 3.29. The van der Waals surface area contributed by atoms with Gasteiger partial charge in [0, 0.05) is 23.6 Å². The lowest BCUT2D eigenvalue weighted by atomic mass is 9.87. The van der Waals surface area contributed by atoms with Crippen molar-refractivity contribution in [2.45, 2.75) is 44.6 Å². The Balaban J connectivity index is 1.38. The summed E-state index contributed by atoms with van der Waals surface area (Å²) in [7, 11) is 0. The topological polar surface area (TPSA) is 50.9 Å². The van der Waals surface area contributed by atoms with E-state index in [-0.39, 0.29) is 0 Å². The molecule has 1 unspecified atom stereocenters. The van der Waals surface area contributed by atoms with Gasteiger partial charge in [0.25, 0.3) is 0 Å². The van der Waals surface area contributed by atoms with Crippen molar-refractivity contribution in [3.05, 3.63) is 59.4 Å². The maximum Gasteiger partial charge on any atom is 0.0403 e. The maximum atomic E-state index is 6.06. The van der Waals surface area contributed by atoms with E-state index in [0.29, 0.717) is 6.04 Å². The molecule has 2 aromatic rings. The SMILES string of the molecule is Nc1cccc2c1CCC(NCCCCc1ccccn1)C2. The number of unbranched alkanes of at least 4 members (excludes halogenated alkanes) is 1. The third-order valence-corrected chi connectivity index (χ3v) is 4.54. The molecule has 1 heterocycles. The van der Waals surface area contributed by atoms with Gasteiger partial charge in [-0.25, -0.2) is 0 Å². The van der Waals surface area contributed by atoms with E-state index in [4.69, 9.17) is 5.73 Å². The molecule has 116 valence electrons. The zero-order valence-electron chi connectivity index (χ0n) is 13.1. The second-order valence-electron chi connectivity index (χ2n) is 6.16. The van der Waals surface area contributed by atoms with Gasteiger partial charge in [0.15, 0.2) is 0 Å². The molecule has 3 rings (SSSR count). The number of nitrogen functional groups attached to an aromatic ring is 1. The summed E-state index contributed by atoms with van der Waals surface area (Å²) in [6.07, 6.45) is 8.76. The Morgan fingerprint density at radius 3 is 2.95 bits per heavy atom. The standard InChI is InChI=1S/C19H25N3/c20-19-9-5-6-15-14-17(10-11-18(15)19)22-13-4-2-8-16-7-1-3-12-21-16/h1,3,5-7,9,12,17,22H,2,4,8,10-11,13-14,20H2. The molecule has 1 aliphatic carbocycles. The lowest BCUT2D eigenvalue weighted by Crippen LogP contribution is -2.35. The van der Waals surface area contributed by atoms with Crippen LogP contribution < -0.4 is 11.1 Å². The second-order valence-corrected chi connectivity index (χ2v) is 6.16. The van der Waals surface area contributed by atoms with Crippen molar-refractivity contribution in [3.63, 3.8) is 0 Å². The van der Waals surface area contributed by atoms with Gasteiger partial charge in [0.2, 0.25) is 0 Å². The first-order valence-corrected chi connectivity index (χ1v) is 8.32. The van der Waals surface area contributed by atoms with Crippen molar-refractivity contribution >= 4 is 5.69 Å². The van der Waals surface area contributed by atoms with E-state index in [1.807, 2.05) is 18.3 Å². The highest BCUT2D eigenvalue weighted by Crippen LogP contribution is 2.26. The lowest BCUT2D eigenvalue weighted by molar-refractivity contribution is 0.451. The van der Waals surface area contributed by atoms with Crippen molar-refractivity contribution in [1.29, 1.82) is 0 Å². The van der Waals surface area contributed by atoms with E-state index in [1.165, 1.54) is 36.1 Å². The normalized spacial score (nSPS) is 17.2. The number of hydrogen-bond donors (Lipinski definition) is 2. The fraction of sp³-hybridized carbons (Fsp3) is 0.421. The Bertz CT molecular complexity index is 595. The molecule has 1 aromatic carbocycles. The first-order chi connectivity index (χ1) is 10.8. The fourth-order valence-corrected chi connectivity index (χ4v) is 3.29. The number of nitrogens with two attached hydrogens (primary N) is 1. The minimum atomic E-state index is 0.601. The van der Waals surface area contributed by atoms with E-state index in [0.717, 1.165) is 31.5 Å². The van der Waals surface area contributed by atoms with Crippen LogP contribution in [0.4, 0.5) is 5.69 Å². The van der Waals surface area contributed by atoms with Crippen LogP contribution in [0.3, 0.4) is 0 Å². The number of aromatic nitrogens is 1. The van der Waals surface area contributed by atoms with Gasteiger partial charge < -0.3 is 11.1 Å². The minimum absolute atomic E-state index is 0.601. The number of hydrogen-bond acceptors (Lipinski definition) is 3. The molecule has 1 aliphatic rings. The molecule has 0 bridgehead atoms. The lowest BCUT2D eigenvalue weighted by Gasteiger charge is -2.26. The number of pyridine rings is 1. The summed E-state index contributed by atoms with van der Waals surface area (Å²) in [5, 5.41) is 3.71. The first kappa shape index (κ1) is 15.0. The van der Waals surface area contributed by atoms with Crippen LogP contribution in [0.2, 0.25) is 0 Å². The highest BCUT2D eigenvalue weighted by molar-refractivity contribution is 5.52. The summed E-state index contributed by atoms with van der Waals surface area (Å²) in [5.74, 6) is 0. The number of fused-ring (bicyclic) bond motifs is 1. The van der Waals surface area contributed by atoms with Gasteiger partial charge in [-0.15, -0.1) is 0 Å². The molecule has 22 heavy (non-hydrogen) atoms. The molecule has 0 saturated carbocycles. The molecule has 3 N–H and O–H groups in total. The smallest absolute Gasteiger partial charge is 0.0403 e. The summed E-state index contributed by atoms with van der Waals surface area (Å²) < 4.78 is 0. The summed E-state index contributed by atoms with van der Waals surface area (Å²) in [6, 6.07) is 13.1. The molecule has 0 fully saturated rings. The van der Waals surface area contributed by atoms with E-state index in [1.54, 1.807) is 0 Å². The Labute approximate surface area is 133 Å². The van der Waals surface area contributed by atoms with Crippen LogP contribution in [0.25, 0.3) is 0 Å². The summed E-state index contributed by atoms with van der Waals surface area (Å²) in [5.41, 5.74) is 11.0. The maximum absolute atomic E-state index is 6.06. The quantitative estimate of drug-likeness (QED) is 0.636. The van der Waals surface area contributed by atoms with Gasteiger partial charge >= 0.3 is 0 Å². The first-order valence-electron chi connectivity index (χ1n) is 8.32. The van der Waals surface area contributed by atoms with Gasteiger partial charge in [0.1, 0.15) is 0 Å². The average Bonchev–Trinajstić information content (AvgIpc) is 2.56. The number of aryl methyl sites for hydroxylation is 1. The van der Waals surface area contributed by atoms with Crippen LogP contribution in [0.5, 0.6) is 0 Å². The zero-order valence-corrected chi connectivity index (χ0v) is 13.1. The van der Waals surface area contributed by atoms with Crippen molar-refractivity contribution < 1.29 is 0 Å². The Morgan fingerprint density at radius 1 is 1.14 bits per heavy atom. The van der Waals surface area contributed by atoms with Crippen LogP contribution in [-0.2, 0) is 19.3 Å². The van der Waals surface area contributed by atoms with E-state index in [2.05, 4.69) is 34.6 Å². The van der Waals surface area contributed by atoms with Gasteiger partial charge in [-0.2, -0.15) is 0 Å².